The van der Waals surface area contributed by atoms with Crippen LogP contribution in [0.5, 0.6) is 0 Å². The van der Waals surface area contributed by atoms with Gasteiger partial charge in [0.25, 0.3) is 0 Å². The molecule has 1 heterocycles. The van der Waals surface area contributed by atoms with Gasteiger partial charge >= 0.3 is 0 Å². The van der Waals surface area contributed by atoms with Crippen LogP contribution in [0.15, 0.2) is 18.2 Å². The van der Waals surface area contributed by atoms with Crippen molar-refractivity contribution >= 4 is 29.1 Å². The van der Waals surface area contributed by atoms with Crippen LogP contribution >= 0.6 is 23.2 Å². The van der Waals surface area contributed by atoms with Crippen LogP contribution in [0.3, 0.4) is 0 Å². The zero-order valence-corrected chi connectivity index (χ0v) is 11.2. The lowest BCUT2D eigenvalue weighted by Crippen LogP contribution is -2.54. The van der Waals surface area contributed by atoms with Gasteiger partial charge in [-0.3, -0.25) is 4.79 Å². The second-order valence-corrected chi connectivity index (χ2v) is 5.92. The number of β-amino-alcohol motifs (C(OH)–C–C–N with tert-alkyl or cyclic N) is 1. The van der Waals surface area contributed by atoms with Crippen LogP contribution in [0.25, 0.3) is 0 Å². The molecule has 0 radical (unpaired) electrons. The largest absolute Gasteiger partial charge is 0.389 e. The van der Waals surface area contributed by atoms with E-state index in [0.29, 0.717) is 23.1 Å². The minimum Gasteiger partial charge on any atom is -0.389 e. The number of amides is 1. The number of halogens is 2. The summed E-state index contributed by atoms with van der Waals surface area (Å²) >= 11 is 11.9. The molecule has 1 saturated carbocycles. The van der Waals surface area contributed by atoms with Crippen molar-refractivity contribution in [3.8, 4) is 0 Å². The first kappa shape index (κ1) is 12.3. The van der Waals surface area contributed by atoms with Crippen LogP contribution < -0.4 is 0 Å². The topological polar surface area (TPSA) is 40.5 Å². The fourth-order valence-corrected chi connectivity index (χ4v) is 3.04. The number of nitrogens with zero attached hydrogens (tertiary/aromatic N) is 1. The van der Waals surface area contributed by atoms with Gasteiger partial charge in [0.1, 0.15) is 0 Å². The molecule has 1 amide bonds. The van der Waals surface area contributed by atoms with Crippen LogP contribution in [0, 0.1) is 5.92 Å². The van der Waals surface area contributed by atoms with Gasteiger partial charge in [-0.2, -0.15) is 0 Å². The Labute approximate surface area is 115 Å². The summed E-state index contributed by atoms with van der Waals surface area (Å²) in [5.41, 5.74) is 1.03. The van der Waals surface area contributed by atoms with Crippen molar-refractivity contribution in [2.24, 2.45) is 5.92 Å². The Morgan fingerprint density at radius 2 is 1.83 bits per heavy atom. The first-order valence-electron chi connectivity index (χ1n) is 5.97. The van der Waals surface area contributed by atoms with Crippen LogP contribution in [-0.2, 0) is 4.79 Å². The number of hydrogen-bond acceptors (Lipinski definition) is 2. The average Bonchev–Trinajstić information content (AvgIpc) is 3.02. The van der Waals surface area contributed by atoms with Gasteiger partial charge in [-0.1, -0.05) is 23.2 Å². The molecule has 1 aromatic rings. The number of carbonyl (C=O) groups is 1. The smallest absolute Gasteiger partial charge is 0.226 e. The molecule has 1 aromatic carbocycles. The van der Waals surface area contributed by atoms with Crippen molar-refractivity contribution in [1.29, 1.82) is 0 Å². The van der Waals surface area contributed by atoms with E-state index in [4.69, 9.17) is 23.2 Å². The van der Waals surface area contributed by atoms with Gasteiger partial charge in [0.2, 0.25) is 5.91 Å². The molecule has 2 aliphatic rings. The number of hydrogen-bond donors (Lipinski definition) is 1. The number of aliphatic hydroxyl groups excluding tert-OH is 1. The first-order chi connectivity index (χ1) is 8.54. The summed E-state index contributed by atoms with van der Waals surface area (Å²) in [4.78, 5) is 13.7. The summed E-state index contributed by atoms with van der Waals surface area (Å²) in [5.74, 6) is 0.403. The molecule has 0 spiro atoms. The Bertz CT molecular complexity index is 480. The Kier molecular flexibility index (Phi) is 3.00. The van der Waals surface area contributed by atoms with E-state index in [-0.39, 0.29) is 23.8 Å². The highest BCUT2D eigenvalue weighted by Crippen LogP contribution is 2.49. The number of benzene rings is 1. The summed E-state index contributed by atoms with van der Waals surface area (Å²) in [6.45, 7) is 0.941. The van der Waals surface area contributed by atoms with Crippen molar-refractivity contribution in [2.45, 2.75) is 18.4 Å². The highest BCUT2D eigenvalue weighted by atomic mass is 35.5. The average molecular weight is 286 g/mol. The molecular formula is C13H13Cl2NO2. The molecule has 3 nitrogen and oxygen atoms in total. The zero-order valence-electron chi connectivity index (χ0n) is 9.64. The van der Waals surface area contributed by atoms with Gasteiger partial charge in [-0.15, -0.1) is 0 Å². The summed E-state index contributed by atoms with van der Waals surface area (Å²) in [6.07, 6.45) is 0.508. The van der Waals surface area contributed by atoms with Gasteiger partial charge in [0.05, 0.1) is 6.10 Å². The van der Waals surface area contributed by atoms with E-state index in [0.717, 1.165) is 12.0 Å². The number of rotatable bonds is 2. The van der Waals surface area contributed by atoms with E-state index in [1.54, 1.807) is 11.0 Å². The van der Waals surface area contributed by atoms with E-state index in [1.807, 2.05) is 12.1 Å². The quantitative estimate of drug-likeness (QED) is 0.906. The summed E-state index contributed by atoms with van der Waals surface area (Å²) < 4.78 is 0. The summed E-state index contributed by atoms with van der Waals surface area (Å²) in [6, 6.07) is 5.43. The van der Waals surface area contributed by atoms with E-state index >= 15 is 0 Å². The molecule has 2 fully saturated rings. The lowest BCUT2D eigenvalue weighted by atomic mass is 10.1. The van der Waals surface area contributed by atoms with Crippen LogP contribution in [0.1, 0.15) is 17.9 Å². The number of aliphatic hydroxyl groups is 1. The van der Waals surface area contributed by atoms with Gasteiger partial charge in [-0.05, 0) is 36.1 Å². The van der Waals surface area contributed by atoms with Gasteiger partial charge in [0, 0.05) is 29.1 Å². The molecule has 5 heteroatoms. The number of likely N-dealkylation sites (tertiary alicyclic amines) is 1. The minimum absolute atomic E-state index is 0.0343. The van der Waals surface area contributed by atoms with Crippen LogP contribution in [0.4, 0.5) is 0 Å². The standard InChI is InChI=1S/C13H13Cl2NO2/c14-8-1-7(2-9(15)3-8)11-4-12(11)13(18)16-5-10(17)6-16/h1-3,10-12,17H,4-6H2. The Balaban J connectivity index is 1.68. The van der Waals surface area contributed by atoms with Crippen molar-refractivity contribution < 1.29 is 9.90 Å². The second kappa shape index (κ2) is 4.41. The highest BCUT2D eigenvalue weighted by Gasteiger charge is 2.47. The maximum atomic E-state index is 12.0. The Morgan fingerprint density at radius 3 is 2.39 bits per heavy atom. The van der Waals surface area contributed by atoms with Crippen molar-refractivity contribution in [3.63, 3.8) is 0 Å². The van der Waals surface area contributed by atoms with E-state index in [9.17, 15) is 9.90 Å². The third kappa shape index (κ3) is 2.22. The minimum atomic E-state index is -0.341. The number of carbonyl (C=O) groups excluding carboxylic acids is 1. The SMILES string of the molecule is O=C(C1CC1c1cc(Cl)cc(Cl)c1)N1CC(O)C1. The molecule has 1 aliphatic carbocycles. The van der Waals surface area contributed by atoms with Crippen LogP contribution in [0.2, 0.25) is 10.0 Å². The van der Waals surface area contributed by atoms with Crippen molar-refractivity contribution in [3.05, 3.63) is 33.8 Å². The van der Waals surface area contributed by atoms with E-state index in [2.05, 4.69) is 0 Å². The Morgan fingerprint density at radius 1 is 1.22 bits per heavy atom. The van der Waals surface area contributed by atoms with Gasteiger partial charge < -0.3 is 10.0 Å². The highest BCUT2D eigenvalue weighted by molar-refractivity contribution is 6.34. The molecule has 1 saturated heterocycles. The third-order valence-corrected chi connectivity index (χ3v) is 4.03. The Hall–Kier alpha value is -0.770. The normalized spacial score (nSPS) is 26.9. The molecule has 0 aromatic heterocycles. The lowest BCUT2D eigenvalue weighted by Gasteiger charge is -2.36. The lowest BCUT2D eigenvalue weighted by molar-refractivity contribution is -0.142. The molecule has 2 unspecified atom stereocenters. The monoisotopic (exact) mass is 285 g/mol. The summed E-state index contributed by atoms with van der Waals surface area (Å²) in [7, 11) is 0. The second-order valence-electron chi connectivity index (χ2n) is 5.05. The molecule has 0 bridgehead atoms. The molecular weight excluding hydrogens is 273 g/mol. The molecule has 3 rings (SSSR count). The third-order valence-electron chi connectivity index (χ3n) is 3.59. The molecule has 1 aliphatic heterocycles. The van der Waals surface area contributed by atoms with Gasteiger partial charge in [-0.25, -0.2) is 0 Å². The first-order valence-corrected chi connectivity index (χ1v) is 6.73. The molecule has 1 N–H and O–H groups in total. The van der Waals surface area contributed by atoms with Crippen molar-refractivity contribution in [2.75, 3.05) is 13.1 Å². The molecule has 2 atom stereocenters. The zero-order chi connectivity index (χ0) is 12.9. The predicted molar refractivity (Wildman–Crippen MR) is 69.9 cm³/mol. The van der Waals surface area contributed by atoms with E-state index < -0.39 is 0 Å². The molecule has 96 valence electrons. The maximum Gasteiger partial charge on any atom is 0.226 e. The van der Waals surface area contributed by atoms with Crippen LogP contribution in [-0.4, -0.2) is 35.1 Å². The maximum absolute atomic E-state index is 12.0. The predicted octanol–water partition coefficient (Wildman–Crippen LogP) is 2.30. The fraction of sp³-hybridized carbons (Fsp3) is 0.462. The molecule has 18 heavy (non-hydrogen) atoms. The fourth-order valence-electron chi connectivity index (χ4n) is 2.50. The van der Waals surface area contributed by atoms with Crippen molar-refractivity contribution in [1.82, 2.24) is 4.90 Å². The summed E-state index contributed by atoms with van der Waals surface area (Å²) in [5, 5.41) is 10.4. The van der Waals surface area contributed by atoms with Gasteiger partial charge in [0.15, 0.2) is 0 Å². The van der Waals surface area contributed by atoms with E-state index in [1.165, 1.54) is 0 Å².